The minimum atomic E-state index is -0.888. The zero-order valence-electron chi connectivity index (χ0n) is 16.6. The number of amides is 3. The summed E-state index contributed by atoms with van der Waals surface area (Å²) in [6.07, 6.45) is 1.34. The number of rotatable bonds is 9. The molecule has 164 valence electrons. The highest BCUT2D eigenvalue weighted by atomic mass is 32.1. The maximum absolute atomic E-state index is 12.5. The molecule has 3 heterocycles. The Morgan fingerprint density at radius 1 is 1.26 bits per heavy atom. The topological polar surface area (TPSA) is 136 Å². The highest BCUT2D eigenvalue weighted by Gasteiger charge is 2.35. The van der Waals surface area contributed by atoms with E-state index in [9.17, 15) is 19.2 Å². The Morgan fingerprint density at radius 2 is 2.10 bits per heavy atom. The summed E-state index contributed by atoms with van der Waals surface area (Å²) in [5, 5.41) is 11.2. The Balaban J connectivity index is 1.64. The van der Waals surface area contributed by atoms with Gasteiger partial charge < -0.3 is 29.8 Å². The van der Waals surface area contributed by atoms with E-state index in [-0.39, 0.29) is 43.4 Å². The van der Waals surface area contributed by atoms with Crippen LogP contribution in [0.5, 0.6) is 0 Å². The van der Waals surface area contributed by atoms with Crippen LogP contribution in [-0.2, 0) is 19.1 Å². The first-order valence-electron chi connectivity index (χ1n) is 9.46. The Labute approximate surface area is 181 Å². The molecule has 1 aliphatic rings. The van der Waals surface area contributed by atoms with Gasteiger partial charge >= 0.3 is 18.0 Å². The lowest BCUT2D eigenvalue weighted by molar-refractivity contribution is -0.143. The Morgan fingerprint density at radius 3 is 2.77 bits per heavy atom. The van der Waals surface area contributed by atoms with Crippen LogP contribution in [0.25, 0.3) is 0 Å². The highest BCUT2D eigenvalue weighted by molar-refractivity contribution is 7.08. The minimum Gasteiger partial charge on any atom is -0.467 e. The number of carbonyl (C=O) groups excluding carboxylic acids is 4. The van der Waals surface area contributed by atoms with Crippen molar-refractivity contribution in [2.75, 3.05) is 19.8 Å². The monoisotopic (exact) mass is 447 g/mol. The lowest BCUT2D eigenvalue weighted by atomic mass is 10.0. The van der Waals surface area contributed by atoms with Gasteiger partial charge in [0.1, 0.15) is 18.4 Å². The molecule has 1 atom stereocenters. The molecule has 1 unspecified atom stereocenters. The van der Waals surface area contributed by atoms with Crippen LogP contribution in [-0.4, -0.2) is 43.6 Å². The Kier molecular flexibility index (Phi) is 7.44. The van der Waals surface area contributed by atoms with Gasteiger partial charge in [-0.15, -0.1) is 0 Å². The molecule has 3 amide bonds. The molecule has 3 N–H and O–H groups in total. The van der Waals surface area contributed by atoms with Gasteiger partial charge in [0.05, 0.1) is 30.6 Å². The molecular formula is C20H21N3O7S. The summed E-state index contributed by atoms with van der Waals surface area (Å²) in [5.74, 6) is -1.24. The highest BCUT2D eigenvalue weighted by Crippen LogP contribution is 2.28. The van der Waals surface area contributed by atoms with Gasteiger partial charge in [0.2, 0.25) is 0 Å². The fraction of sp³-hybridized carbons (Fsp3) is 0.300. The number of nitrogens with one attached hydrogen (secondary N) is 3. The summed E-state index contributed by atoms with van der Waals surface area (Å²) < 4.78 is 15.6. The minimum absolute atomic E-state index is 0.0777. The van der Waals surface area contributed by atoms with Gasteiger partial charge in [-0.1, -0.05) is 0 Å². The summed E-state index contributed by atoms with van der Waals surface area (Å²) in [6.45, 7) is 1.51. The molecule has 0 fully saturated rings. The molecule has 0 saturated carbocycles. The molecule has 2 aromatic rings. The summed E-state index contributed by atoms with van der Waals surface area (Å²) >= 11 is 1.40. The molecule has 1 aliphatic heterocycles. The van der Waals surface area contributed by atoms with Crippen LogP contribution in [0.1, 0.15) is 35.5 Å². The predicted molar refractivity (Wildman–Crippen MR) is 109 cm³/mol. The van der Waals surface area contributed by atoms with Gasteiger partial charge in [-0.2, -0.15) is 11.3 Å². The largest absolute Gasteiger partial charge is 0.467 e. The van der Waals surface area contributed by atoms with E-state index in [0.29, 0.717) is 11.3 Å². The molecule has 2 aromatic heterocycles. The molecule has 10 nitrogen and oxygen atoms in total. The van der Waals surface area contributed by atoms with E-state index in [1.165, 1.54) is 17.6 Å². The normalized spacial score (nSPS) is 15.6. The van der Waals surface area contributed by atoms with E-state index >= 15 is 0 Å². The third-order valence-electron chi connectivity index (χ3n) is 4.25. The number of furan rings is 1. The molecule has 0 radical (unpaired) electrons. The van der Waals surface area contributed by atoms with Crippen LogP contribution in [0.3, 0.4) is 0 Å². The SMILES string of the molecule is CCOC(=O)C1=C(COC(=O)CCNC(=O)c2ccsc2)NC(=O)NC1c1ccco1. The van der Waals surface area contributed by atoms with Crippen molar-refractivity contribution in [3.05, 3.63) is 57.8 Å². The molecule has 0 saturated heterocycles. The van der Waals surface area contributed by atoms with Crippen molar-refractivity contribution in [3.63, 3.8) is 0 Å². The van der Waals surface area contributed by atoms with Gasteiger partial charge in [-0.05, 0) is 30.5 Å². The maximum Gasteiger partial charge on any atom is 0.338 e. The number of esters is 2. The summed E-state index contributed by atoms with van der Waals surface area (Å²) in [5.41, 5.74) is 0.693. The van der Waals surface area contributed by atoms with Crippen LogP contribution in [0.2, 0.25) is 0 Å². The van der Waals surface area contributed by atoms with Crippen LogP contribution in [0.4, 0.5) is 4.79 Å². The lowest BCUT2D eigenvalue weighted by Gasteiger charge is -2.27. The first-order valence-corrected chi connectivity index (χ1v) is 10.4. The van der Waals surface area contributed by atoms with Gasteiger partial charge in [0, 0.05) is 17.5 Å². The molecule has 0 aromatic carbocycles. The summed E-state index contributed by atoms with van der Waals surface area (Å²) in [7, 11) is 0. The first kappa shape index (κ1) is 22.1. The van der Waals surface area contributed by atoms with Crippen LogP contribution >= 0.6 is 11.3 Å². The average molecular weight is 447 g/mol. The van der Waals surface area contributed by atoms with Crippen molar-refractivity contribution < 1.29 is 33.1 Å². The van der Waals surface area contributed by atoms with Gasteiger partial charge in [-0.3, -0.25) is 9.59 Å². The number of thiophene rings is 1. The van der Waals surface area contributed by atoms with E-state index in [1.807, 2.05) is 0 Å². The first-order chi connectivity index (χ1) is 15.0. The van der Waals surface area contributed by atoms with E-state index in [1.54, 1.807) is 35.9 Å². The van der Waals surface area contributed by atoms with Crippen molar-refractivity contribution in [1.29, 1.82) is 0 Å². The molecule has 0 spiro atoms. The molecule has 11 heteroatoms. The second-order valence-electron chi connectivity index (χ2n) is 6.34. The second-order valence-corrected chi connectivity index (χ2v) is 7.12. The molecular weight excluding hydrogens is 426 g/mol. The van der Waals surface area contributed by atoms with E-state index in [4.69, 9.17) is 13.9 Å². The lowest BCUT2D eigenvalue weighted by Crippen LogP contribution is -2.47. The van der Waals surface area contributed by atoms with Crippen LogP contribution in [0.15, 0.2) is 50.9 Å². The Hall–Kier alpha value is -3.60. The molecule has 0 aliphatic carbocycles. The quantitative estimate of drug-likeness (QED) is 0.499. The Bertz CT molecular complexity index is 967. The second kappa shape index (κ2) is 10.4. The fourth-order valence-electron chi connectivity index (χ4n) is 2.85. The van der Waals surface area contributed by atoms with E-state index in [0.717, 1.165) is 0 Å². The average Bonchev–Trinajstić information content (AvgIpc) is 3.46. The number of hydrogen-bond donors (Lipinski definition) is 3. The molecule has 31 heavy (non-hydrogen) atoms. The number of urea groups is 1. The third kappa shape index (κ3) is 5.72. The van der Waals surface area contributed by atoms with Crippen LogP contribution in [0, 0.1) is 0 Å². The van der Waals surface area contributed by atoms with Crippen molar-refractivity contribution in [2.45, 2.75) is 19.4 Å². The van der Waals surface area contributed by atoms with Crippen molar-refractivity contribution in [1.82, 2.24) is 16.0 Å². The van der Waals surface area contributed by atoms with E-state index < -0.39 is 24.0 Å². The van der Waals surface area contributed by atoms with Crippen LogP contribution < -0.4 is 16.0 Å². The standard InChI is InChI=1S/C20H21N3O7S/c1-2-28-19(26)16-13(22-20(27)23-17(16)14-4-3-8-29-14)10-30-15(24)5-7-21-18(25)12-6-9-31-11-12/h3-4,6,8-9,11,17H,2,5,7,10H2,1H3,(H,21,25)(H2,22,23,27). The maximum atomic E-state index is 12.5. The summed E-state index contributed by atoms with van der Waals surface area (Å²) in [6, 6.07) is 3.44. The molecule has 0 bridgehead atoms. The molecule has 3 rings (SSSR count). The van der Waals surface area contributed by atoms with Crippen molar-refractivity contribution >= 4 is 35.2 Å². The van der Waals surface area contributed by atoms with Gasteiger partial charge in [-0.25, -0.2) is 9.59 Å². The van der Waals surface area contributed by atoms with Crippen molar-refractivity contribution in [3.8, 4) is 0 Å². The van der Waals surface area contributed by atoms with Gasteiger partial charge in [0.15, 0.2) is 0 Å². The number of carbonyl (C=O) groups is 4. The predicted octanol–water partition coefficient (Wildman–Crippen LogP) is 1.88. The van der Waals surface area contributed by atoms with Gasteiger partial charge in [0.25, 0.3) is 5.91 Å². The third-order valence-corrected chi connectivity index (χ3v) is 4.94. The number of hydrogen-bond acceptors (Lipinski definition) is 8. The van der Waals surface area contributed by atoms with Crippen molar-refractivity contribution in [2.24, 2.45) is 0 Å². The number of ether oxygens (including phenoxy) is 2. The smallest absolute Gasteiger partial charge is 0.338 e. The summed E-state index contributed by atoms with van der Waals surface area (Å²) in [4.78, 5) is 48.6. The fourth-order valence-corrected chi connectivity index (χ4v) is 3.49. The zero-order chi connectivity index (χ0) is 22.2. The van der Waals surface area contributed by atoms with E-state index in [2.05, 4.69) is 16.0 Å². The zero-order valence-corrected chi connectivity index (χ0v) is 17.5.